The summed E-state index contributed by atoms with van der Waals surface area (Å²) in [7, 11) is 0. The minimum absolute atomic E-state index is 0.00478. The molecule has 1 saturated heterocycles. The summed E-state index contributed by atoms with van der Waals surface area (Å²) in [5.74, 6) is -0.518. The third-order valence-electron chi connectivity index (χ3n) is 4.79. The summed E-state index contributed by atoms with van der Waals surface area (Å²) in [6.45, 7) is 7.27. The molecule has 0 aromatic carbocycles. The van der Waals surface area contributed by atoms with Gasteiger partial charge in [-0.2, -0.15) is 0 Å². The van der Waals surface area contributed by atoms with Crippen LogP contribution in [0, 0.1) is 17.8 Å². The Kier molecular flexibility index (Phi) is 4.21. The summed E-state index contributed by atoms with van der Waals surface area (Å²) in [5.41, 5.74) is 0.789. The van der Waals surface area contributed by atoms with Gasteiger partial charge in [0.15, 0.2) is 0 Å². The molecule has 2 atom stereocenters. The van der Waals surface area contributed by atoms with E-state index in [4.69, 9.17) is 0 Å². The monoisotopic (exact) mass is 336 g/mol. The van der Waals surface area contributed by atoms with E-state index in [9.17, 15) is 14.7 Å². The Morgan fingerprint density at radius 2 is 2.04 bits per heavy atom. The van der Waals surface area contributed by atoms with Crippen LogP contribution in [-0.4, -0.2) is 40.0 Å². The maximum absolute atomic E-state index is 12.5. The van der Waals surface area contributed by atoms with Gasteiger partial charge in [-0.05, 0) is 24.7 Å². The number of aliphatic carboxylic acids is 1. The number of hydrogen-bond donors (Lipinski definition) is 1. The molecule has 1 aromatic heterocycles. The number of carbonyl (C=O) groups is 2. The number of likely N-dealkylation sites (tertiary alicyclic amines) is 1. The van der Waals surface area contributed by atoms with Gasteiger partial charge in [0.1, 0.15) is 0 Å². The van der Waals surface area contributed by atoms with E-state index in [1.54, 1.807) is 16.2 Å². The highest BCUT2D eigenvalue weighted by molar-refractivity contribution is 7.09. The molecule has 126 valence electrons. The average Bonchev–Trinajstić information content (AvgIpc) is 3.00. The Hall–Kier alpha value is -1.43. The maximum Gasteiger partial charge on any atom is 0.308 e. The topological polar surface area (TPSA) is 70.5 Å². The maximum atomic E-state index is 12.5. The molecule has 1 aliphatic heterocycles. The lowest BCUT2D eigenvalue weighted by atomic mass is 9.92. The largest absolute Gasteiger partial charge is 0.481 e. The summed E-state index contributed by atoms with van der Waals surface area (Å²) in [4.78, 5) is 30.3. The van der Waals surface area contributed by atoms with Gasteiger partial charge in [-0.15, -0.1) is 11.3 Å². The summed E-state index contributed by atoms with van der Waals surface area (Å²) >= 11 is 1.59. The molecular weight excluding hydrogens is 312 g/mol. The van der Waals surface area contributed by atoms with Crippen LogP contribution in [0.1, 0.15) is 44.3 Å². The molecule has 6 heteroatoms. The lowest BCUT2D eigenvalue weighted by molar-refractivity contribution is -0.142. The van der Waals surface area contributed by atoms with Crippen LogP contribution >= 0.6 is 11.3 Å². The molecule has 1 aromatic rings. The minimum Gasteiger partial charge on any atom is -0.481 e. The van der Waals surface area contributed by atoms with Crippen molar-refractivity contribution in [3.05, 3.63) is 16.1 Å². The van der Waals surface area contributed by atoms with Crippen LogP contribution in [0.5, 0.6) is 0 Å². The van der Waals surface area contributed by atoms with Gasteiger partial charge in [0.05, 0.1) is 23.0 Å². The lowest BCUT2D eigenvalue weighted by Gasteiger charge is -2.16. The van der Waals surface area contributed by atoms with Crippen LogP contribution in [0.15, 0.2) is 5.38 Å². The molecule has 0 radical (unpaired) electrons. The molecule has 2 heterocycles. The highest BCUT2D eigenvalue weighted by Gasteiger charge is 2.46. The normalized spacial score (nSPS) is 24.9. The van der Waals surface area contributed by atoms with Gasteiger partial charge in [0, 0.05) is 23.9 Å². The zero-order chi connectivity index (χ0) is 16.8. The second-order valence-electron chi connectivity index (χ2n) is 7.82. The minimum atomic E-state index is -0.763. The summed E-state index contributed by atoms with van der Waals surface area (Å²) in [5, 5.41) is 12.4. The van der Waals surface area contributed by atoms with E-state index in [1.807, 2.05) is 5.38 Å². The van der Waals surface area contributed by atoms with Crippen molar-refractivity contribution in [2.45, 2.75) is 45.4 Å². The van der Waals surface area contributed by atoms with Crippen LogP contribution < -0.4 is 0 Å². The van der Waals surface area contributed by atoms with E-state index in [0.29, 0.717) is 19.0 Å². The van der Waals surface area contributed by atoms with Crippen molar-refractivity contribution >= 4 is 23.2 Å². The molecule has 2 fully saturated rings. The van der Waals surface area contributed by atoms with Gasteiger partial charge in [-0.1, -0.05) is 20.8 Å². The van der Waals surface area contributed by atoms with E-state index < -0.39 is 11.9 Å². The third kappa shape index (κ3) is 3.57. The molecule has 3 rings (SSSR count). The lowest BCUT2D eigenvalue weighted by Crippen LogP contribution is -2.31. The fourth-order valence-corrected chi connectivity index (χ4v) is 4.20. The number of hydrogen-bond acceptors (Lipinski definition) is 4. The number of nitrogens with zero attached hydrogens (tertiary/aromatic N) is 2. The molecule has 0 bridgehead atoms. The second-order valence-corrected chi connectivity index (χ2v) is 8.67. The number of carbonyl (C=O) groups excluding carboxylic acids is 1. The smallest absolute Gasteiger partial charge is 0.308 e. The number of rotatable bonds is 4. The van der Waals surface area contributed by atoms with Gasteiger partial charge in [0.25, 0.3) is 0 Å². The fourth-order valence-electron chi connectivity index (χ4n) is 3.30. The molecule has 1 amide bonds. The quantitative estimate of drug-likeness (QED) is 0.917. The number of carboxylic acids is 1. The Morgan fingerprint density at radius 1 is 1.35 bits per heavy atom. The Bertz CT molecular complexity index is 616. The van der Waals surface area contributed by atoms with Crippen LogP contribution in [0.25, 0.3) is 0 Å². The Balaban J connectivity index is 1.64. The first-order valence-electron chi connectivity index (χ1n) is 8.21. The van der Waals surface area contributed by atoms with Crippen LogP contribution in [-0.2, 0) is 21.4 Å². The van der Waals surface area contributed by atoms with E-state index in [0.717, 1.165) is 23.5 Å². The first-order chi connectivity index (χ1) is 10.8. The van der Waals surface area contributed by atoms with Crippen LogP contribution in [0.3, 0.4) is 0 Å². The first-order valence-corrected chi connectivity index (χ1v) is 9.09. The summed E-state index contributed by atoms with van der Waals surface area (Å²) < 4.78 is 0. The third-order valence-corrected chi connectivity index (χ3v) is 6.11. The first kappa shape index (κ1) is 16.4. The van der Waals surface area contributed by atoms with Crippen molar-refractivity contribution in [3.63, 3.8) is 0 Å². The molecule has 1 N–H and O–H groups in total. The highest BCUT2D eigenvalue weighted by Crippen LogP contribution is 2.44. The molecule has 5 nitrogen and oxygen atoms in total. The van der Waals surface area contributed by atoms with Crippen molar-refractivity contribution in [1.82, 2.24) is 9.88 Å². The number of aromatic nitrogens is 1. The highest BCUT2D eigenvalue weighted by atomic mass is 32.1. The zero-order valence-electron chi connectivity index (χ0n) is 13.9. The van der Waals surface area contributed by atoms with E-state index >= 15 is 0 Å². The van der Waals surface area contributed by atoms with Crippen LogP contribution in [0.4, 0.5) is 0 Å². The molecule has 1 saturated carbocycles. The van der Waals surface area contributed by atoms with E-state index in [-0.39, 0.29) is 23.7 Å². The van der Waals surface area contributed by atoms with Crippen molar-refractivity contribution in [2.24, 2.45) is 17.8 Å². The van der Waals surface area contributed by atoms with Gasteiger partial charge in [-0.3, -0.25) is 9.59 Å². The molecule has 23 heavy (non-hydrogen) atoms. The van der Waals surface area contributed by atoms with Gasteiger partial charge in [0.2, 0.25) is 5.91 Å². The fraction of sp³-hybridized carbons (Fsp3) is 0.706. The molecule has 2 aliphatic rings. The number of carboxylic acid groups (broad SMARTS) is 1. The second kappa shape index (κ2) is 5.89. The van der Waals surface area contributed by atoms with Gasteiger partial charge < -0.3 is 10.0 Å². The molecule has 0 spiro atoms. The Labute approximate surface area is 140 Å². The number of thiazole rings is 1. The van der Waals surface area contributed by atoms with Gasteiger partial charge in [-0.25, -0.2) is 4.98 Å². The Morgan fingerprint density at radius 3 is 2.57 bits per heavy atom. The summed E-state index contributed by atoms with van der Waals surface area (Å²) in [6, 6.07) is 0. The van der Waals surface area contributed by atoms with Gasteiger partial charge >= 0.3 is 5.97 Å². The predicted molar refractivity (Wildman–Crippen MR) is 88.4 cm³/mol. The van der Waals surface area contributed by atoms with Crippen LogP contribution in [0.2, 0.25) is 0 Å². The zero-order valence-corrected chi connectivity index (χ0v) is 14.7. The average molecular weight is 336 g/mol. The van der Waals surface area contributed by atoms with Crippen molar-refractivity contribution in [3.8, 4) is 0 Å². The molecule has 1 aliphatic carbocycles. The standard InChI is InChI=1S/C17H24N2O3S/c1-17(2,3)16-18-11(9-23-16)6-14(20)19-7-12(10-4-5-10)13(8-19)15(21)22/h9-10,12-13H,4-8H2,1-3H3,(H,21,22)/t12-,13+/m1/s1. The predicted octanol–water partition coefficient (Wildman–Crippen LogP) is 2.55. The molecule has 0 unspecified atom stereocenters. The van der Waals surface area contributed by atoms with Crippen molar-refractivity contribution in [2.75, 3.05) is 13.1 Å². The SMILES string of the molecule is CC(C)(C)c1nc(CC(=O)N2C[C@H](C(=O)O)[C@@H](C3CC3)C2)cs1. The molecular formula is C17H24N2O3S. The van der Waals surface area contributed by atoms with E-state index in [1.165, 1.54) is 0 Å². The van der Waals surface area contributed by atoms with E-state index in [2.05, 4.69) is 25.8 Å². The van der Waals surface area contributed by atoms with Crippen molar-refractivity contribution in [1.29, 1.82) is 0 Å². The van der Waals surface area contributed by atoms with Crippen molar-refractivity contribution < 1.29 is 14.7 Å². The summed E-state index contributed by atoms with van der Waals surface area (Å²) in [6.07, 6.45) is 2.49. The number of amides is 1.